The lowest BCUT2D eigenvalue weighted by atomic mass is 10.1. The van der Waals surface area contributed by atoms with E-state index in [-0.39, 0.29) is 5.56 Å². The zero-order valence-electron chi connectivity index (χ0n) is 14.6. The fourth-order valence-electron chi connectivity index (χ4n) is 1.98. The Hall–Kier alpha value is -1.84. The van der Waals surface area contributed by atoms with Crippen LogP contribution in [0.3, 0.4) is 0 Å². The molecule has 0 aliphatic rings. The van der Waals surface area contributed by atoms with Gasteiger partial charge in [-0.2, -0.15) is 5.10 Å². The van der Waals surface area contributed by atoms with Crippen LogP contribution in [0.2, 0.25) is 0 Å². The van der Waals surface area contributed by atoms with Gasteiger partial charge in [0.15, 0.2) is 0 Å². The van der Waals surface area contributed by atoms with Crippen LogP contribution in [0.5, 0.6) is 0 Å². The highest BCUT2D eigenvalue weighted by Gasteiger charge is 2.09. The lowest BCUT2D eigenvalue weighted by Gasteiger charge is -2.09. The topological polar surface area (TPSA) is 61.7 Å². The van der Waals surface area contributed by atoms with Crippen LogP contribution in [0, 0.1) is 6.92 Å². The van der Waals surface area contributed by atoms with Gasteiger partial charge < -0.3 is 5.11 Å². The highest BCUT2D eigenvalue weighted by molar-refractivity contribution is 5.94. The molecule has 0 fully saturated rings. The van der Waals surface area contributed by atoms with Crippen molar-refractivity contribution in [2.75, 3.05) is 5.43 Å². The zero-order valence-corrected chi connectivity index (χ0v) is 14.6. The Morgan fingerprint density at radius 1 is 1.18 bits per heavy atom. The average Bonchev–Trinajstić information content (AvgIpc) is 2.51. The molecule has 0 spiro atoms. The second-order valence-electron chi connectivity index (χ2n) is 5.00. The summed E-state index contributed by atoms with van der Waals surface area (Å²) in [4.78, 5) is 11.2. The summed E-state index contributed by atoms with van der Waals surface area (Å²) in [6.07, 6.45) is 5.20. The highest BCUT2D eigenvalue weighted by atomic mass is 16.4. The van der Waals surface area contributed by atoms with Gasteiger partial charge in [0, 0.05) is 5.71 Å². The first kappa shape index (κ1) is 20.2. The minimum Gasteiger partial charge on any atom is -0.478 e. The molecule has 0 aromatic heterocycles. The maximum Gasteiger partial charge on any atom is 0.337 e. The summed E-state index contributed by atoms with van der Waals surface area (Å²) in [5.41, 5.74) is 5.87. The minimum atomic E-state index is -0.937. The minimum absolute atomic E-state index is 0.255. The van der Waals surface area contributed by atoms with E-state index in [0.717, 1.165) is 43.4 Å². The number of hydrogen-bond donors (Lipinski definition) is 2. The van der Waals surface area contributed by atoms with E-state index in [1.807, 2.05) is 26.8 Å². The van der Waals surface area contributed by atoms with E-state index in [1.54, 1.807) is 12.1 Å². The van der Waals surface area contributed by atoms with Crippen molar-refractivity contribution >= 4 is 17.4 Å². The van der Waals surface area contributed by atoms with Gasteiger partial charge in [0.1, 0.15) is 0 Å². The van der Waals surface area contributed by atoms with Gasteiger partial charge in [-0.3, -0.25) is 5.43 Å². The van der Waals surface area contributed by atoms with Gasteiger partial charge >= 0.3 is 5.97 Å². The molecule has 0 radical (unpaired) electrons. The van der Waals surface area contributed by atoms with Gasteiger partial charge in [-0.05, 0) is 43.9 Å². The monoisotopic (exact) mass is 306 g/mol. The van der Waals surface area contributed by atoms with Crippen molar-refractivity contribution in [3.05, 3.63) is 29.3 Å². The van der Waals surface area contributed by atoms with Crippen LogP contribution in [0.1, 0.15) is 75.7 Å². The number of nitrogens with one attached hydrogen (secondary N) is 1. The summed E-state index contributed by atoms with van der Waals surface area (Å²) in [7, 11) is 0. The number of anilines is 1. The maximum atomic E-state index is 11.2. The molecule has 0 bridgehead atoms. The van der Waals surface area contributed by atoms with Gasteiger partial charge in [-0.25, -0.2) is 4.79 Å². The van der Waals surface area contributed by atoms with Crippen molar-refractivity contribution in [2.24, 2.45) is 5.10 Å². The van der Waals surface area contributed by atoms with Crippen molar-refractivity contribution in [3.63, 3.8) is 0 Å². The Bertz CT molecular complexity index is 482. The van der Waals surface area contributed by atoms with Crippen LogP contribution in [-0.4, -0.2) is 16.8 Å². The zero-order chi connectivity index (χ0) is 17.0. The molecular formula is C18H30N2O2. The largest absolute Gasteiger partial charge is 0.478 e. The van der Waals surface area contributed by atoms with Gasteiger partial charge in [-0.15, -0.1) is 0 Å². The second kappa shape index (κ2) is 11.8. The average molecular weight is 306 g/mol. The Kier molecular flexibility index (Phi) is 10.8. The van der Waals surface area contributed by atoms with Crippen molar-refractivity contribution in [3.8, 4) is 0 Å². The van der Waals surface area contributed by atoms with E-state index in [1.165, 1.54) is 0 Å². The molecule has 4 nitrogen and oxygen atoms in total. The highest BCUT2D eigenvalue weighted by Crippen LogP contribution is 2.18. The number of aromatic carboxylic acids is 1. The van der Waals surface area contributed by atoms with Crippen molar-refractivity contribution in [2.45, 2.75) is 66.7 Å². The first-order valence-corrected chi connectivity index (χ1v) is 8.23. The second-order valence-corrected chi connectivity index (χ2v) is 5.00. The molecule has 1 aromatic rings. The predicted octanol–water partition coefficient (Wildman–Crippen LogP) is 5.48. The van der Waals surface area contributed by atoms with Gasteiger partial charge in [-0.1, -0.05) is 46.6 Å². The van der Waals surface area contributed by atoms with Crippen molar-refractivity contribution < 1.29 is 9.90 Å². The smallest absolute Gasteiger partial charge is 0.337 e. The van der Waals surface area contributed by atoms with Gasteiger partial charge in [0.05, 0.1) is 11.3 Å². The van der Waals surface area contributed by atoms with Gasteiger partial charge in [0.25, 0.3) is 0 Å². The summed E-state index contributed by atoms with van der Waals surface area (Å²) in [6, 6.07) is 5.22. The van der Waals surface area contributed by atoms with Crippen LogP contribution in [0.25, 0.3) is 0 Å². The fourth-order valence-corrected chi connectivity index (χ4v) is 1.98. The molecule has 1 aromatic carbocycles. The number of hydrazone groups is 1. The number of unbranched alkanes of at least 4 members (excludes halogenated alkanes) is 1. The number of carbonyl (C=O) groups is 1. The molecule has 22 heavy (non-hydrogen) atoms. The third-order valence-corrected chi connectivity index (χ3v) is 3.10. The van der Waals surface area contributed by atoms with E-state index in [9.17, 15) is 9.90 Å². The lowest BCUT2D eigenvalue weighted by Crippen LogP contribution is -2.06. The summed E-state index contributed by atoms with van der Waals surface area (Å²) in [6.45, 7) is 10.2. The Morgan fingerprint density at radius 2 is 1.86 bits per heavy atom. The quantitative estimate of drug-likeness (QED) is 0.494. The molecule has 1 rings (SSSR count). The van der Waals surface area contributed by atoms with E-state index >= 15 is 0 Å². The van der Waals surface area contributed by atoms with Crippen molar-refractivity contribution in [1.82, 2.24) is 0 Å². The van der Waals surface area contributed by atoms with Crippen LogP contribution in [0.4, 0.5) is 5.69 Å². The van der Waals surface area contributed by atoms with Crippen LogP contribution < -0.4 is 5.43 Å². The number of carboxylic acid groups (broad SMARTS) is 1. The Morgan fingerprint density at radius 3 is 2.41 bits per heavy atom. The first-order valence-electron chi connectivity index (χ1n) is 8.23. The van der Waals surface area contributed by atoms with Crippen LogP contribution in [0.15, 0.2) is 23.3 Å². The van der Waals surface area contributed by atoms with Gasteiger partial charge in [0.2, 0.25) is 0 Å². The molecular weight excluding hydrogens is 276 g/mol. The number of hydrogen-bond acceptors (Lipinski definition) is 3. The van der Waals surface area contributed by atoms with Crippen LogP contribution >= 0.6 is 0 Å². The molecule has 0 saturated heterocycles. The number of carboxylic acids is 1. The summed E-state index contributed by atoms with van der Waals surface area (Å²) >= 11 is 0. The molecule has 0 aliphatic carbocycles. The molecule has 0 aliphatic heterocycles. The molecule has 0 atom stereocenters. The number of rotatable bonds is 8. The van der Waals surface area contributed by atoms with E-state index in [2.05, 4.69) is 24.4 Å². The fraction of sp³-hybridized carbons (Fsp3) is 0.556. The summed E-state index contributed by atoms with van der Waals surface area (Å²) in [5.74, 6) is -0.937. The number of aryl methyl sites for hydroxylation is 1. The third kappa shape index (κ3) is 7.25. The normalized spacial score (nSPS) is 10.7. The Labute approximate surface area is 134 Å². The number of benzene rings is 1. The number of nitrogens with zero attached hydrogens (tertiary/aromatic N) is 1. The SMILES string of the molecule is CC.CCCC/C(CCC)=N\Nc1cc(C)ccc1C(=O)O. The third-order valence-electron chi connectivity index (χ3n) is 3.10. The maximum absolute atomic E-state index is 11.2. The summed E-state index contributed by atoms with van der Waals surface area (Å²) < 4.78 is 0. The molecule has 0 saturated carbocycles. The molecule has 4 heteroatoms. The lowest BCUT2D eigenvalue weighted by molar-refractivity contribution is 0.0698. The van der Waals surface area contributed by atoms with Crippen LogP contribution in [-0.2, 0) is 0 Å². The predicted molar refractivity (Wildman–Crippen MR) is 95.0 cm³/mol. The van der Waals surface area contributed by atoms with E-state index in [4.69, 9.17) is 0 Å². The Balaban J connectivity index is 0.00000211. The first-order chi connectivity index (χ1) is 10.6. The molecule has 2 N–H and O–H groups in total. The summed E-state index contributed by atoms with van der Waals surface area (Å²) in [5, 5.41) is 13.6. The standard InChI is InChI=1S/C16H24N2O2.C2H6/c1-4-6-8-13(7-5-2)17-18-15-11-12(3)9-10-14(15)16(19)20;1-2/h9-11,18H,4-8H2,1-3H3,(H,19,20);1-2H3/b17-13-;. The molecule has 0 heterocycles. The molecule has 124 valence electrons. The van der Waals surface area contributed by atoms with Crippen molar-refractivity contribution in [1.29, 1.82) is 0 Å². The molecule has 0 unspecified atom stereocenters. The van der Waals surface area contributed by atoms with E-state index in [0.29, 0.717) is 5.69 Å². The van der Waals surface area contributed by atoms with E-state index < -0.39 is 5.97 Å². The molecule has 0 amide bonds.